The number of aliphatic hydroxyl groups excluding tert-OH is 3. The summed E-state index contributed by atoms with van der Waals surface area (Å²) in [5.74, 6) is -0.528. The smallest absolute Gasteiger partial charge is 0.330 e. The maximum absolute atomic E-state index is 11.5. The summed E-state index contributed by atoms with van der Waals surface area (Å²) in [6.45, 7) is 8.72. The Kier molecular flexibility index (Phi) is 16.3. The molecule has 3 unspecified atom stereocenters. The number of aliphatic hydroxyl groups is 3. The lowest BCUT2D eigenvalue weighted by Crippen LogP contribution is -2.25. The largest absolute Gasteiger partial charge is 0.490 e. The van der Waals surface area contributed by atoms with E-state index in [4.69, 9.17) is 28.4 Å². The van der Waals surface area contributed by atoms with Gasteiger partial charge in [-0.2, -0.15) is 0 Å². The molecule has 266 valence electrons. The normalized spacial score (nSPS) is 12.4. The number of carbonyl (C=O) groups is 3. The Morgan fingerprint density at radius 1 is 0.500 bits per heavy atom. The maximum Gasteiger partial charge on any atom is 0.330 e. The predicted octanol–water partition coefficient (Wildman–Crippen LogP) is 3.27. The molecule has 0 bridgehead atoms. The van der Waals surface area contributed by atoms with Crippen molar-refractivity contribution in [2.75, 3.05) is 39.6 Å². The van der Waals surface area contributed by atoms with Crippen LogP contribution in [0.2, 0.25) is 0 Å². The van der Waals surface area contributed by atoms with Gasteiger partial charge < -0.3 is 43.7 Å². The molecule has 0 aromatic heterocycles. The highest BCUT2D eigenvalue weighted by Crippen LogP contribution is 2.33. The Labute approximate surface area is 290 Å². The average Bonchev–Trinajstić information content (AvgIpc) is 3.13. The third-order valence-electron chi connectivity index (χ3n) is 6.92. The molecule has 3 atom stereocenters. The van der Waals surface area contributed by atoms with Gasteiger partial charge >= 0.3 is 17.9 Å². The lowest BCUT2D eigenvalue weighted by atomic mass is 9.96. The Morgan fingerprint density at radius 3 is 1.22 bits per heavy atom. The number of hydrogen-bond acceptors (Lipinski definition) is 12. The van der Waals surface area contributed by atoms with Crippen molar-refractivity contribution in [2.45, 2.75) is 31.2 Å². The predicted molar refractivity (Wildman–Crippen MR) is 183 cm³/mol. The molecule has 0 aliphatic carbocycles. The van der Waals surface area contributed by atoms with E-state index in [1.165, 1.54) is 0 Å². The number of rotatable bonds is 22. The molecule has 50 heavy (non-hydrogen) atoms. The van der Waals surface area contributed by atoms with E-state index in [0.29, 0.717) is 30.1 Å². The van der Waals surface area contributed by atoms with Gasteiger partial charge in [-0.15, -0.1) is 0 Å². The third-order valence-corrected chi connectivity index (χ3v) is 6.92. The molecule has 0 heterocycles. The summed E-state index contributed by atoms with van der Waals surface area (Å²) in [6.07, 6.45) is 0.386. The van der Waals surface area contributed by atoms with E-state index in [1.807, 2.05) is 42.5 Å². The van der Waals surface area contributed by atoms with Crippen LogP contribution in [0.25, 0.3) is 0 Å². The van der Waals surface area contributed by atoms with Crippen molar-refractivity contribution in [1.29, 1.82) is 0 Å². The van der Waals surface area contributed by atoms with Crippen LogP contribution in [-0.2, 0) is 41.4 Å². The van der Waals surface area contributed by atoms with Gasteiger partial charge in [-0.05, 0) is 34.4 Å². The first-order valence-electron chi connectivity index (χ1n) is 15.7. The van der Waals surface area contributed by atoms with Gasteiger partial charge in [0.25, 0.3) is 0 Å². The lowest BCUT2D eigenvalue weighted by Gasteiger charge is -2.20. The van der Waals surface area contributed by atoms with E-state index in [1.54, 1.807) is 24.3 Å². The zero-order chi connectivity index (χ0) is 36.3. The average molecular weight is 691 g/mol. The second kappa shape index (κ2) is 20.8. The van der Waals surface area contributed by atoms with Gasteiger partial charge in [-0.25, -0.2) is 14.4 Å². The Morgan fingerprint density at radius 2 is 0.840 bits per heavy atom. The van der Waals surface area contributed by atoms with Crippen LogP contribution in [0.4, 0.5) is 0 Å². The van der Waals surface area contributed by atoms with Crippen LogP contribution in [-0.4, -0.2) is 91.2 Å². The SMILES string of the molecule is C=CC(=O)OCC(O)COc1ccccc1Cc1cccc(Cc2ccccc2OCC(O)COC(=O)C=C)c1OCC(O)COC(=O)C=C. The molecule has 0 radical (unpaired) electrons. The van der Waals surface area contributed by atoms with Gasteiger partial charge in [0, 0.05) is 31.1 Å². The standard InChI is InChI=1S/C38H42O12/c1-4-35(42)47-22-30(39)20-45-33-16-9-7-12-26(33)18-28-14-11-15-29(38(28)50-25-32(41)24-49-37(44)6-3)19-27-13-8-10-17-34(27)46-21-31(40)23-48-36(43)5-2/h4-17,30-32,39-41H,1-3,18-25H2. The Bertz CT molecular complexity index is 1500. The first-order valence-corrected chi connectivity index (χ1v) is 15.7. The van der Waals surface area contributed by atoms with Crippen molar-refractivity contribution in [3.05, 3.63) is 127 Å². The molecule has 0 aliphatic heterocycles. The fourth-order valence-electron chi connectivity index (χ4n) is 4.50. The Hall–Kier alpha value is -5.43. The van der Waals surface area contributed by atoms with Crippen LogP contribution in [0, 0.1) is 0 Å². The minimum absolute atomic E-state index is 0.136. The van der Waals surface area contributed by atoms with Gasteiger partial charge in [-0.3, -0.25) is 0 Å². The van der Waals surface area contributed by atoms with Crippen molar-refractivity contribution in [3.63, 3.8) is 0 Å². The molecule has 0 spiro atoms. The van der Waals surface area contributed by atoms with Gasteiger partial charge in [0.05, 0.1) is 0 Å². The topological polar surface area (TPSA) is 167 Å². The summed E-state index contributed by atoms with van der Waals surface area (Å²) in [5, 5.41) is 31.1. The van der Waals surface area contributed by atoms with E-state index >= 15 is 0 Å². The second-order valence-electron chi connectivity index (χ2n) is 10.9. The third kappa shape index (κ3) is 13.2. The molecule has 0 saturated carbocycles. The number of para-hydroxylation sites is 3. The van der Waals surface area contributed by atoms with E-state index in [0.717, 1.165) is 40.5 Å². The fraction of sp³-hybridized carbons (Fsp3) is 0.289. The number of carbonyl (C=O) groups excluding carboxylic acids is 3. The first-order chi connectivity index (χ1) is 24.1. The van der Waals surface area contributed by atoms with Crippen molar-refractivity contribution in [2.24, 2.45) is 0 Å². The van der Waals surface area contributed by atoms with Crippen LogP contribution in [0.5, 0.6) is 17.2 Å². The molecule has 0 aliphatic rings. The van der Waals surface area contributed by atoms with Crippen molar-refractivity contribution in [3.8, 4) is 17.2 Å². The summed E-state index contributed by atoms with van der Waals surface area (Å²) in [6, 6.07) is 20.1. The van der Waals surface area contributed by atoms with Crippen LogP contribution >= 0.6 is 0 Å². The molecule has 0 fully saturated rings. The number of benzene rings is 3. The highest BCUT2D eigenvalue weighted by atomic mass is 16.6. The number of esters is 3. The zero-order valence-electron chi connectivity index (χ0n) is 27.6. The molecule has 0 saturated heterocycles. The zero-order valence-corrected chi connectivity index (χ0v) is 27.6. The molecular weight excluding hydrogens is 648 g/mol. The van der Waals surface area contributed by atoms with E-state index in [-0.39, 0.29) is 39.6 Å². The van der Waals surface area contributed by atoms with Gasteiger partial charge in [0.2, 0.25) is 0 Å². The van der Waals surface area contributed by atoms with Crippen LogP contribution in [0.15, 0.2) is 105 Å². The van der Waals surface area contributed by atoms with Crippen LogP contribution < -0.4 is 14.2 Å². The first kappa shape index (κ1) is 39.0. The van der Waals surface area contributed by atoms with Gasteiger partial charge in [0.15, 0.2) is 0 Å². The fourth-order valence-corrected chi connectivity index (χ4v) is 4.50. The van der Waals surface area contributed by atoms with Crippen LogP contribution in [0.3, 0.4) is 0 Å². The van der Waals surface area contributed by atoms with Crippen molar-refractivity contribution < 1.29 is 58.1 Å². The van der Waals surface area contributed by atoms with E-state index < -0.39 is 36.2 Å². The van der Waals surface area contributed by atoms with Crippen LogP contribution in [0.1, 0.15) is 22.3 Å². The van der Waals surface area contributed by atoms with Crippen molar-refractivity contribution in [1.82, 2.24) is 0 Å². The molecule has 12 nitrogen and oxygen atoms in total. The summed E-state index contributed by atoms with van der Waals surface area (Å²) < 4.78 is 32.7. The van der Waals surface area contributed by atoms with E-state index in [2.05, 4.69) is 19.7 Å². The molecule has 3 aromatic rings. The maximum atomic E-state index is 11.5. The highest BCUT2D eigenvalue weighted by molar-refractivity contribution is 5.81. The van der Waals surface area contributed by atoms with Crippen molar-refractivity contribution >= 4 is 17.9 Å². The van der Waals surface area contributed by atoms with Gasteiger partial charge in [-0.1, -0.05) is 74.3 Å². The monoisotopic (exact) mass is 690 g/mol. The highest BCUT2D eigenvalue weighted by Gasteiger charge is 2.18. The molecule has 12 heteroatoms. The molecule has 3 rings (SSSR count). The summed E-state index contributed by atoms with van der Waals surface area (Å²) in [4.78, 5) is 34.2. The molecule has 3 aromatic carbocycles. The molecular formula is C38H42O12. The quantitative estimate of drug-likeness (QED) is 0.0801. The Balaban J connectivity index is 1.85. The molecule has 0 amide bonds. The summed E-state index contributed by atoms with van der Waals surface area (Å²) in [5.41, 5.74) is 3.01. The lowest BCUT2D eigenvalue weighted by molar-refractivity contribution is -0.142. The van der Waals surface area contributed by atoms with Gasteiger partial charge in [0.1, 0.15) is 75.2 Å². The minimum Gasteiger partial charge on any atom is -0.490 e. The minimum atomic E-state index is -1.14. The number of ether oxygens (including phenoxy) is 6. The number of hydrogen-bond donors (Lipinski definition) is 3. The molecule has 3 N–H and O–H groups in total. The summed E-state index contributed by atoms with van der Waals surface area (Å²) >= 11 is 0. The second-order valence-corrected chi connectivity index (χ2v) is 10.9. The van der Waals surface area contributed by atoms with E-state index in [9.17, 15) is 29.7 Å². The summed E-state index contributed by atoms with van der Waals surface area (Å²) in [7, 11) is 0.